The Bertz CT molecular complexity index is 790. The maximum absolute atomic E-state index is 4.52. The van der Waals surface area contributed by atoms with Crippen molar-refractivity contribution in [2.24, 2.45) is 0 Å². The van der Waals surface area contributed by atoms with Gasteiger partial charge in [0.15, 0.2) is 0 Å². The van der Waals surface area contributed by atoms with Gasteiger partial charge in [-0.1, -0.05) is 0 Å². The molecule has 3 aromatic rings. The Balaban J connectivity index is 1.47. The number of benzene rings is 1. The van der Waals surface area contributed by atoms with Gasteiger partial charge in [-0.15, -0.1) is 11.3 Å². The van der Waals surface area contributed by atoms with Crippen LogP contribution < -0.4 is 10.2 Å². The minimum Gasteiger partial charge on any atom is -0.369 e. The Kier molecular flexibility index (Phi) is 3.85. The van der Waals surface area contributed by atoms with Gasteiger partial charge in [-0.05, 0) is 42.8 Å². The molecule has 0 bridgehead atoms. The second-order valence-corrected chi connectivity index (χ2v) is 6.77. The van der Waals surface area contributed by atoms with Crippen LogP contribution in [0.15, 0.2) is 41.9 Å². The van der Waals surface area contributed by atoms with Crippen LogP contribution in [0.5, 0.6) is 0 Å². The fourth-order valence-electron chi connectivity index (χ4n) is 2.78. The van der Waals surface area contributed by atoms with E-state index in [4.69, 9.17) is 0 Å². The number of anilines is 3. The van der Waals surface area contributed by atoms with Gasteiger partial charge in [0.25, 0.3) is 0 Å². The first-order chi connectivity index (χ1) is 11.3. The third-order valence-electron chi connectivity index (χ3n) is 4.20. The summed E-state index contributed by atoms with van der Waals surface area (Å²) in [6.45, 7) is 4.41. The molecule has 0 radical (unpaired) electrons. The fourth-order valence-corrected chi connectivity index (χ4v) is 3.47. The van der Waals surface area contributed by atoms with E-state index in [1.807, 2.05) is 17.6 Å². The molecule has 0 aliphatic carbocycles. The van der Waals surface area contributed by atoms with Crippen LogP contribution in [0, 0.1) is 0 Å². The van der Waals surface area contributed by atoms with Crippen molar-refractivity contribution < 1.29 is 0 Å². The summed E-state index contributed by atoms with van der Waals surface area (Å²) in [6.07, 6.45) is 1.87. The quantitative estimate of drug-likeness (QED) is 0.801. The summed E-state index contributed by atoms with van der Waals surface area (Å²) >= 11 is 1.66. The van der Waals surface area contributed by atoms with Crippen molar-refractivity contribution in [3.8, 4) is 0 Å². The molecule has 0 atom stereocenters. The number of aromatic nitrogens is 2. The van der Waals surface area contributed by atoms with Gasteiger partial charge in [0.1, 0.15) is 0 Å². The molecule has 5 nitrogen and oxygen atoms in total. The van der Waals surface area contributed by atoms with Crippen LogP contribution in [-0.4, -0.2) is 48.1 Å². The van der Waals surface area contributed by atoms with Gasteiger partial charge >= 0.3 is 0 Å². The first kappa shape index (κ1) is 14.4. The Morgan fingerprint density at radius 1 is 1.04 bits per heavy atom. The highest BCUT2D eigenvalue weighted by molar-refractivity contribution is 7.17. The fraction of sp³-hybridized carbons (Fsp3) is 0.294. The number of hydrogen-bond donors (Lipinski definition) is 1. The van der Waals surface area contributed by atoms with Crippen molar-refractivity contribution in [1.29, 1.82) is 0 Å². The summed E-state index contributed by atoms with van der Waals surface area (Å²) < 4.78 is 1.11. The molecule has 0 unspecified atom stereocenters. The summed E-state index contributed by atoms with van der Waals surface area (Å²) in [5.74, 6) is 0.642. The molecule has 1 aliphatic heterocycles. The van der Waals surface area contributed by atoms with Crippen LogP contribution in [0.1, 0.15) is 0 Å². The van der Waals surface area contributed by atoms with Crippen LogP contribution in [0.2, 0.25) is 0 Å². The molecule has 6 heteroatoms. The van der Waals surface area contributed by atoms with Gasteiger partial charge in [-0.3, -0.25) is 0 Å². The van der Waals surface area contributed by atoms with Gasteiger partial charge in [0, 0.05) is 37.6 Å². The zero-order valence-corrected chi connectivity index (χ0v) is 13.9. The third kappa shape index (κ3) is 3.13. The molecule has 1 fully saturated rings. The van der Waals surface area contributed by atoms with E-state index >= 15 is 0 Å². The molecule has 1 saturated heterocycles. The topological polar surface area (TPSA) is 44.3 Å². The molecular formula is C17H19N5S. The molecular weight excluding hydrogens is 306 g/mol. The third-order valence-corrected chi connectivity index (χ3v) is 5.04. The van der Waals surface area contributed by atoms with Crippen LogP contribution in [0.4, 0.5) is 17.3 Å². The number of piperazine rings is 1. The van der Waals surface area contributed by atoms with Crippen LogP contribution >= 0.6 is 11.3 Å². The largest absolute Gasteiger partial charge is 0.369 e. The highest BCUT2D eigenvalue weighted by Crippen LogP contribution is 2.23. The summed E-state index contributed by atoms with van der Waals surface area (Å²) in [6, 6.07) is 10.5. The standard InChI is InChI=1S/C17H19N5S/c1-21-7-9-22(10-8-21)14-4-2-13(3-5-14)19-17-18-12-16-15(20-17)6-11-23-16/h2-6,11-12H,7-10H2,1H3,(H,18,19,20). The van der Waals surface area contributed by atoms with Crippen molar-refractivity contribution in [2.45, 2.75) is 0 Å². The van der Waals surface area contributed by atoms with Gasteiger partial charge in [0.2, 0.25) is 5.95 Å². The molecule has 0 spiro atoms. The molecule has 4 rings (SSSR count). The number of nitrogens with zero attached hydrogens (tertiary/aromatic N) is 4. The molecule has 23 heavy (non-hydrogen) atoms. The highest BCUT2D eigenvalue weighted by Gasteiger charge is 2.14. The van der Waals surface area contributed by atoms with E-state index in [9.17, 15) is 0 Å². The number of rotatable bonds is 3. The molecule has 1 aromatic carbocycles. The van der Waals surface area contributed by atoms with Crippen molar-refractivity contribution in [2.75, 3.05) is 43.4 Å². The molecule has 0 saturated carbocycles. The SMILES string of the molecule is CN1CCN(c2ccc(Nc3ncc4sccc4n3)cc2)CC1. The molecule has 3 heterocycles. The van der Waals surface area contributed by atoms with Gasteiger partial charge in [-0.2, -0.15) is 0 Å². The minimum absolute atomic E-state index is 0.642. The number of thiophene rings is 1. The van der Waals surface area contributed by atoms with Crippen molar-refractivity contribution in [3.05, 3.63) is 41.9 Å². The number of hydrogen-bond acceptors (Lipinski definition) is 6. The van der Waals surface area contributed by atoms with E-state index < -0.39 is 0 Å². The van der Waals surface area contributed by atoms with Crippen LogP contribution in [0.25, 0.3) is 10.2 Å². The predicted octanol–water partition coefficient (Wildman–Crippen LogP) is 3.19. The lowest BCUT2D eigenvalue weighted by atomic mass is 10.2. The van der Waals surface area contributed by atoms with Gasteiger partial charge < -0.3 is 15.1 Å². The number of fused-ring (bicyclic) bond motifs is 1. The molecule has 0 amide bonds. The summed E-state index contributed by atoms with van der Waals surface area (Å²) in [5.41, 5.74) is 3.27. The average molecular weight is 325 g/mol. The van der Waals surface area contributed by atoms with Crippen molar-refractivity contribution >= 4 is 38.9 Å². The zero-order chi connectivity index (χ0) is 15.6. The molecule has 1 aliphatic rings. The minimum atomic E-state index is 0.642. The molecule has 1 N–H and O–H groups in total. The Morgan fingerprint density at radius 2 is 1.83 bits per heavy atom. The predicted molar refractivity (Wildman–Crippen MR) is 96.8 cm³/mol. The monoisotopic (exact) mass is 325 g/mol. The van der Waals surface area contributed by atoms with E-state index in [1.54, 1.807) is 11.3 Å². The van der Waals surface area contributed by atoms with E-state index in [0.29, 0.717) is 5.95 Å². The van der Waals surface area contributed by atoms with E-state index in [2.05, 4.69) is 56.4 Å². The Hall–Kier alpha value is -2.18. The smallest absolute Gasteiger partial charge is 0.227 e. The molecule has 118 valence electrons. The van der Waals surface area contributed by atoms with E-state index in [0.717, 1.165) is 42.1 Å². The average Bonchev–Trinajstić information content (AvgIpc) is 3.04. The second-order valence-electron chi connectivity index (χ2n) is 5.83. The first-order valence-electron chi connectivity index (χ1n) is 7.79. The first-order valence-corrected chi connectivity index (χ1v) is 8.67. The summed E-state index contributed by atoms with van der Waals surface area (Å²) in [7, 11) is 2.18. The maximum atomic E-state index is 4.52. The van der Waals surface area contributed by atoms with Crippen molar-refractivity contribution in [3.63, 3.8) is 0 Å². The number of likely N-dealkylation sites (N-methyl/N-ethyl adjacent to an activating group) is 1. The van der Waals surface area contributed by atoms with Crippen LogP contribution in [-0.2, 0) is 0 Å². The lowest BCUT2D eigenvalue weighted by Crippen LogP contribution is -2.44. The Labute approximate surface area is 139 Å². The highest BCUT2D eigenvalue weighted by atomic mass is 32.1. The van der Waals surface area contributed by atoms with E-state index in [-0.39, 0.29) is 0 Å². The normalized spacial score (nSPS) is 16.0. The van der Waals surface area contributed by atoms with Crippen LogP contribution in [0.3, 0.4) is 0 Å². The lowest BCUT2D eigenvalue weighted by Gasteiger charge is -2.34. The van der Waals surface area contributed by atoms with Gasteiger partial charge in [0.05, 0.1) is 16.4 Å². The summed E-state index contributed by atoms with van der Waals surface area (Å²) in [5, 5.41) is 5.31. The zero-order valence-electron chi connectivity index (χ0n) is 13.1. The Morgan fingerprint density at radius 3 is 2.61 bits per heavy atom. The maximum Gasteiger partial charge on any atom is 0.227 e. The lowest BCUT2D eigenvalue weighted by molar-refractivity contribution is 0.313. The summed E-state index contributed by atoms with van der Waals surface area (Å²) in [4.78, 5) is 13.7. The second kappa shape index (κ2) is 6.14. The van der Waals surface area contributed by atoms with E-state index in [1.165, 1.54) is 5.69 Å². The number of nitrogens with one attached hydrogen (secondary N) is 1. The van der Waals surface area contributed by atoms with Crippen molar-refractivity contribution in [1.82, 2.24) is 14.9 Å². The molecule has 2 aromatic heterocycles. The van der Waals surface area contributed by atoms with Gasteiger partial charge in [-0.25, -0.2) is 9.97 Å².